The normalized spacial score (nSPS) is 12.3. The number of aryl methyl sites for hydroxylation is 1. The zero-order valence-corrected chi connectivity index (χ0v) is 12.9. The number of H-pyrrole nitrogens is 1. The van der Waals surface area contributed by atoms with Gasteiger partial charge in [0.2, 0.25) is 5.82 Å². The molecule has 2 N–H and O–H groups in total. The minimum absolute atomic E-state index is 0.199. The van der Waals surface area contributed by atoms with Crippen molar-refractivity contribution in [2.45, 2.75) is 26.9 Å². The predicted molar refractivity (Wildman–Crippen MR) is 79.9 cm³/mol. The summed E-state index contributed by atoms with van der Waals surface area (Å²) in [5, 5.41) is 3.57. The van der Waals surface area contributed by atoms with E-state index in [1.807, 2.05) is 13.8 Å². The molecular weight excluding hydrogens is 295 g/mol. The molecule has 0 bridgehead atoms. The molecule has 22 heavy (non-hydrogen) atoms. The average Bonchev–Trinajstić information content (AvgIpc) is 2.82. The molecule has 0 spiro atoms. The molecule has 0 saturated heterocycles. The summed E-state index contributed by atoms with van der Waals surface area (Å²) in [6.45, 7) is 8.92. The smallest absolute Gasteiger partial charge is 0.368 e. The summed E-state index contributed by atoms with van der Waals surface area (Å²) in [7, 11) is 0. The fraction of sp³-hybridized carbons (Fsp3) is 0.571. The maximum absolute atomic E-state index is 12.9. The molecular formula is C14H20F3N5. The predicted octanol–water partition coefficient (Wildman–Crippen LogP) is 3.04. The molecule has 8 heteroatoms. The zero-order valence-electron chi connectivity index (χ0n) is 12.9. The van der Waals surface area contributed by atoms with Crippen LogP contribution in [0.5, 0.6) is 0 Å². The number of halogens is 3. The van der Waals surface area contributed by atoms with Crippen LogP contribution in [0.2, 0.25) is 0 Å². The topological polar surface area (TPSA) is 56.8 Å². The molecule has 2 heterocycles. The van der Waals surface area contributed by atoms with E-state index in [-0.39, 0.29) is 11.5 Å². The summed E-state index contributed by atoms with van der Waals surface area (Å²) in [6, 6.07) is 1.75. The Morgan fingerprint density at radius 2 is 1.91 bits per heavy atom. The second kappa shape index (κ2) is 6.51. The van der Waals surface area contributed by atoms with E-state index >= 15 is 0 Å². The molecule has 0 aliphatic heterocycles. The Morgan fingerprint density at radius 1 is 1.23 bits per heavy atom. The molecule has 0 aromatic carbocycles. The molecule has 0 fully saturated rings. The van der Waals surface area contributed by atoms with Gasteiger partial charge in [-0.25, -0.2) is 9.97 Å². The lowest BCUT2D eigenvalue weighted by atomic mass is 10.3. The van der Waals surface area contributed by atoms with Crippen LogP contribution in [0.4, 0.5) is 19.0 Å². The monoisotopic (exact) mass is 315 g/mol. The number of nitrogens with zero attached hydrogens (tertiary/aromatic N) is 3. The highest BCUT2D eigenvalue weighted by Crippen LogP contribution is 2.30. The molecule has 0 aliphatic rings. The highest BCUT2D eigenvalue weighted by Gasteiger charge is 2.35. The summed E-state index contributed by atoms with van der Waals surface area (Å²) >= 11 is 0. The molecule has 2 rings (SSSR count). The Labute approximate surface area is 126 Å². The summed E-state index contributed by atoms with van der Waals surface area (Å²) < 4.78 is 38.7. The van der Waals surface area contributed by atoms with Gasteiger partial charge in [0.25, 0.3) is 0 Å². The number of hydrogen-bond donors (Lipinski definition) is 2. The maximum Gasteiger partial charge on any atom is 0.451 e. The van der Waals surface area contributed by atoms with Crippen LogP contribution in [0.15, 0.2) is 6.07 Å². The zero-order chi connectivity index (χ0) is 16.3. The highest BCUT2D eigenvalue weighted by atomic mass is 19.4. The minimum atomic E-state index is -4.57. The number of anilines is 1. The van der Waals surface area contributed by atoms with Crippen molar-refractivity contribution in [3.63, 3.8) is 0 Å². The molecule has 2 aromatic heterocycles. The first kappa shape index (κ1) is 16.5. The molecule has 2 aromatic rings. The van der Waals surface area contributed by atoms with Crippen LogP contribution < -0.4 is 5.32 Å². The van der Waals surface area contributed by atoms with Gasteiger partial charge in [0.1, 0.15) is 11.5 Å². The second-order valence-electron chi connectivity index (χ2n) is 5.06. The van der Waals surface area contributed by atoms with E-state index in [9.17, 15) is 13.2 Å². The van der Waals surface area contributed by atoms with Gasteiger partial charge in [0.05, 0.1) is 5.39 Å². The number of rotatable bonds is 6. The van der Waals surface area contributed by atoms with Crippen molar-refractivity contribution in [2.24, 2.45) is 0 Å². The first-order chi connectivity index (χ1) is 10.3. The van der Waals surface area contributed by atoms with Crippen LogP contribution in [0.1, 0.15) is 25.4 Å². The summed E-state index contributed by atoms with van der Waals surface area (Å²) in [5.74, 6) is -0.916. The Balaban J connectivity index is 2.26. The number of aromatic nitrogens is 3. The fourth-order valence-corrected chi connectivity index (χ4v) is 2.27. The number of likely N-dealkylation sites (N-methyl/N-ethyl adjacent to an activating group) is 1. The summed E-state index contributed by atoms with van der Waals surface area (Å²) in [6.07, 6.45) is -4.57. The van der Waals surface area contributed by atoms with Crippen molar-refractivity contribution in [1.82, 2.24) is 19.9 Å². The van der Waals surface area contributed by atoms with Gasteiger partial charge in [-0.3, -0.25) is 0 Å². The van der Waals surface area contributed by atoms with E-state index in [4.69, 9.17) is 0 Å². The third-order valence-corrected chi connectivity index (χ3v) is 3.49. The van der Waals surface area contributed by atoms with Crippen molar-refractivity contribution >= 4 is 16.9 Å². The van der Waals surface area contributed by atoms with Gasteiger partial charge in [-0.1, -0.05) is 13.8 Å². The lowest BCUT2D eigenvalue weighted by molar-refractivity contribution is -0.144. The SMILES string of the molecule is CCN(CC)CCNc1nc(C(F)(F)F)nc2[nH]c(C)cc12. The standard InChI is InChI=1S/C14H20F3N5/c1-4-22(5-2)7-6-18-11-10-8-9(3)19-12(10)21-13(20-11)14(15,16)17/h8H,4-7H2,1-3H3,(H2,18,19,20,21). The molecule has 0 amide bonds. The summed E-state index contributed by atoms with van der Waals surface area (Å²) in [4.78, 5) is 12.2. The minimum Gasteiger partial charge on any atom is -0.368 e. The average molecular weight is 315 g/mol. The molecule has 0 aliphatic carbocycles. The van der Waals surface area contributed by atoms with E-state index in [0.717, 1.165) is 25.3 Å². The summed E-state index contributed by atoms with van der Waals surface area (Å²) in [5.41, 5.74) is 0.945. The maximum atomic E-state index is 12.9. The largest absolute Gasteiger partial charge is 0.451 e. The number of fused-ring (bicyclic) bond motifs is 1. The van der Waals surface area contributed by atoms with Crippen LogP contribution in [-0.2, 0) is 6.18 Å². The van der Waals surface area contributed by atoms with Crippen LogP contribution in [-0.4, -0.2) is 46.0 Å². The number of hydrogen-bond acceptors (Lipinski definition) is 4. The van der Waals surface area contributed by atoms with E-state index in [1.165, 1.54) is 0 Å². The van der Waals surface area contributed by atoms with Gasteiger partial charge >= 0.3 is 6.18 Å². The lowest BCUT2D eigenvalue weighted by Crippen LogP contribution is -2.29. The third-order valence-electron chi connectivity index (χ3n) is 3.49. The Bertz CT molecular complexity index is 631. The van der Waals surface area contributed by atoms with Gasteiger partial charge < -0.3 is 15.2 Å². The second-order valence-corrected chi connectivity index (χ2v) is 5.06. The van der Waals surface area contributed by atoms with E-state index in [2.05, 4.69) is 25.2 Å². The van der Waals surface area contributed by atoms with Crippen molar-refractivity contribution in [1.29, 1.82) is 0 Å². The van der Waals surface area contributed by atoms with Crippen molar-refractivity contribution in [3.8, 4) is 0 Å². The highest BCUT2D eigenvalue weighted by molar-refractivity contribution is 5.87. The van der Waals surface area contributed by atoms with Gasteiger partial charge in [0.15, 0.2) is 0 Å². The van der Waals surface area contributed by atoms with Crippen molar-refractivity contribution in [3.05, 3.63) is 17.6 Å². The molecule has 0 atom stereocenters. The quantitative estimate of drug-likeness (QED) is 0.860. The third kappa shape index (κ3) is 3.68. The Morgan fingerprint density at radius 3 is 2.50 bits per heavy atom. The Hall–Kier alpha value is -1.83. The number of nitrogens with one attached hydrogen (secondary N) is 2. The van der Waals surface area contributed by atoms with E-state index < -0.39 is 12.0 Å². The molecule has 5 nitrogen and oxygen atoms in total. The first-order valence-electron chi connectivity index (χ1n) is 7.26. The van der Waals surface area contributed by atoms with Gasteiger partial charge in [-0.15, -0.1) is 0 Å². The van der Waals surface area contributed by atoms with Crippen molar-refractivity contribution < 1.29 is 13.2 Å². The number of alkyl halides is 3. The molecule has 0 radical (unpaired) electrons. The van der Waals surface area contributed by atoms with E-state index in [0.29, 0.717) is 11.9 Å². The van der Waals surface area contributed by atoms with Crippen LogP contribution in [0, 0.1) is 6.92 Å². The van der Waals surface area contributed by atoms with Crippen LogP contribution >= 0.6 is 0 Å². The fourth-order valence-electron chi connectivity index (χ4n) is 2.27. The van der Waals surface area contributed by atoms with Gasteiger partial charge in [-0.2, -0.15) is 13.2 Å². The number of aromatic amines is 1. The Kier molecular flexibility index (Phi) is 4.90. The first-order valence-corrected chi connectivity index (χ1v) is 7.26. The molecule has 0 unspecified atom stereocenters. The van der Waals surface area contributed by atoms with Crippen LogP contribution in [0.25, 0.3) is 11.0 Å². The molecule has 122 valence electrons. The van der Waals surface area contributed by atoms with Crippen molar-refractivity contribution in [2.75, 3.05) is 31.5 Å². The van der Waals surface area contributed by atoms with Crippen LogP contribution in [0.3, 0.4) is 0 Å². The van der Waals surface area contributed by atoms with Gasteiger partial charge in [-0.05, 0) is 26.1 Å². The lowest BCUT2D eigenvalue weighted by Gasteiger charge is -2.18. The molecule has 0 saturated carbocycles. The van der Waals surface area contributed by atoms with Gasteiger partial charge in [0, 0.05) is 18.8 Å². The van der Waals surface area contributed by atoms with E-state index in [1.54, 1.807) is 13.0 Å².